The molecule has 0 radical (unpaired) electrons. The first-order valence-electron chi connectivity index (χ1n) is 19.4. The van der Waals surface area contributed by atoms with E-state index in [0.29, 0.717) is 0 Å². The van der Waals surface area contributed by atoms with E-state index in [1.807, 2.05) is 12.1 Å². The van der Waals surface area contributed by atoms with Gasteiger partial charge < -0.3 is 4.42 Å². The third-order valence-electron chi connectivity index (χ3n) is 11.8. The van der Waals surface area contributed by atoms with Gasteiger partial charge in [0.15, 0.2) is 0 Å². The van der Waals surface area contributed by atoms with Gasteiger partial charge >= 0.3 is 0 Å². The zero-order valence-electron chi connectivity index (χ0n) is 30.8. The second-order valence-corrected chi connectivity index (χ2v) is 14.8. The SMILES string of the molecule is c1cc(-c2ccc3c(c2)c2ccccc2c2nccnc32)cc(-c2cccc3c(-c4cccc5c(-c6cccc7c6oc6ccccc67)cccc45)cccc23)c1. The summed E-state index contributed by atoms with van der Waals surface area (Å²) in [6.07, 6.45) is 3.56. The van der Waals surface area contributed by atoms with Gasteiger partial charge in [-0.2, -0.15) is 0 Å². The lowest BCUT2D eigenvalue weighted by Gasteiger charge is -2.15. The van der Waals surface area contributed by atoms with Gasteiger partial charge in [0, 0.05) is 39.5 Å². The average Bonchev–Trinajstić information content (AvgIpc) is 3.67. The van der Waals surface area contributed by atoms with Crippen LogP contribution in [-0.4, -0.2) is 9.97 Å². The van der Waals surface area contributed by atoms with Crippen LogP contribution in [0.25, 0.3) is 121 Å². The maximum absolute atomic E-state index is 6.50. The number of para-hydroxylation sites is 2. The number of rotatable bonds is 4. The first-order valence-corrected chi connectivity index (χ1v) is 19.4. The van der Waals surface area contributed by atoms with Gasteiger partial charge in [-0.15, -0.1) is 0 Å². The van der Waals surface area contributed by atoms with Crippen molar-refractivity contribution in [3.05, 3.63) is 194 Å². The fourth-order valence-corrected chi connectivity index (χ4v) is 9.21. The Morgan fingerprint density at radius 2 is 0.754 bits per heavy atom. The van der Waals surface area contributed by atoms with E-state index >= 15 is 0 Å². The lowest BCUT2D eigenvalue weighted by atomic mass is 9.88. The molecule has 10 aromatic carbocycles. The van der Waals surface area contributed by atoms with E-state index in [4.69, 9.17) is 14.4 Å². The summed E-state index contributed by atoms with van der Waals surface area (Å²) in [7, 11) is 0. The minimum atomic E-state index is 0.910. The Bertz CT molecular complexity index is 3560. The van der Waals surface area contributed by atoms with Gasteiger partial charge in [0.1, 0.15) is 11.2 Å². The van der Waals surface area contributed by atoms with Crippen LogP contribution in [0.4, 0.5) is 0 Å². The van der Waals surface area contributed by atoms with Crippen LogP contribution in [0.5, 0.6) is 0 Å². The highest BCUT2D eigenvalue weighted by Crippen LogP contribution is 2.43. The zero-order valence-corrected chi connectivity index (χ0v) is 30.8. The van der Waals surface area contributed by atoms with Crippen molar-refractivity contribution >= 4 is 76.1 Å². The monoisotopic (exact) mass is 724 g/mol. The molecule has 0 bridgehead atoms. The second kappa shape index (κ2) is 12.5. The van der Waals surface area contributed by atoms with Gasteiger partial charge in [0.2, 0.25) is 0 Å². The van der Waals surface area contributed by atoms with E-state index in [9.17, 15) is 0 Å². The van der Waals surface area contributed by atoms with Crippen LogP contribution in [0.1, 0.15) is 0 Å². The number of aromatic nitrogens is 2. The number of furan rings is 1. The van der Waals surface area contributed by atoms with E-state index in [1.165, 1.54) is 71.3 Å². The summed E-state index contributed by atoms with van der Waals surface area (Å²) in [4.78, 5) is 9.48. The largest absolute Gasteiger partial charge is 0.455 e. The summed E-state index contributed by atoms with van der Waals surface area (Å²) in [5.41, 5.74) is 13.1. The maximum Gasteiger partial charge on any atom is 0.143 e. The van der Waals surface area contributed by atoms with Gasteiger partial charge in [-0.25, -0.2) is 0 Å². The molecule has 3 nitrogen and oxygen atoms in total. The highest BCUT2D eigenvalue weighted by atomic mass is 16.3. The molecule has 12 aromatic rings. The van der Waals surface area contributed by atoms with Gasteiger partial charge in [-0.05, 0) is 89.5 Å². The summed E-state index contributed by atoms with van der Waals surface area (Å²) >= 11 is 0. The fraction of sp³-hybridized carbons (Fsp3) is 0. The number of hydrogen-bond donors (Lipinski definition) is 0. The summed E-state index contributed by atoms with van der Waals surface area (Å²) in [5.74, 6) is 0. The Balaban J connectivity index is 0.988. The Labute approximate surface area is 328 Å². The number of nitrogens with zero attached hydrogens (tertiary/aromatic N) is 2. The molecule has 0 aliphatic rings. The Kier molecular flexibility index (Phi) is 6.93. The van der Waals surface area contributed by atoms with Crippen molar-refractivity contribution in [3.8, 4) is 44.5 Å². The molecule has 0 fully saturated rings. The van der Waals surface area contributed by atoms with Crippen LogP contribution in [0, 0.1) is 0 Å². The molecule has 2 heterocycles. The highest BCUT2D eigenvalue weighted by Gasteiger charge is 2.17. The summed E-state index contributed by atoms with van der Waals surface area (Å²) < 4.78 is 6.50. The van der Waals surface area contributed by atoms with E-state index in [1.54, 1.807) is 12.4 Å². The van der Waals surface area contributed by atoms with Crippen LogP contribution < -0.4 is 0 Å². The predicted molar refractivity (Wildman–Crippen MR) is 239 cm³/mol. The molecule has 0 saturated carbocycles. The Morgan fingerprint density at radius 3 is 1.46 bits per heavy atom. The zero-order chi connectivity index (χ0) is 37.5. The molecule has 0 aliphatic heterocycles. The molecule has 57 heavy (non-hydrogen) atoms. The first-order chi connectivity index (χ1) is 28.3. The van der Waals surface area contributed by atoms with Crippen LogP contribution in [-0.2, 0) is 0 Å². The molecule has 0 amide bonds. The lowest BCUT2D eigenvalue weighted by molar-refractivity contribution is 0.670. The Hall–Kier alpha value is -7.62. The van der Waals surface area contributed by atoms with Gasteiger partial charge in [0.05, 0.1) is 11.0 Å². The van der Waals surface area contributed by atoms with Crippen LogP contribution in [0.3, 0.4) is 0 Å². The maximum atomic E-state index is 6.50. The second-order valence-electron chi connectivity index (χ2n) is 14.8. The molecule has 0 spiro atoms. The van der Waals surface area contributed by atoms with E-state index < -0.39 is 0 Å². The van der Waals surface area contributed by atoms with Crippen molar-refractivity contribution in [1.82, 2.24) is 9.97 Å². The van der Waals surface area contributed by atoms with Crippen LogP contribution in [0.2, 0.25) is 0 Å². The molecule has 0 atom stereocenters. The van der Waals surface area contributed by atoms with Crippen LogP contribution >= 0.6 is 0 Å². The van der Waals surface area contributed by atoms with Gasteiger partial charge in [-0.3, -0.25) is 9.97 Å². The fourth-order valence-electron chi connectivity index (χ4n) is 9.21. The van der Waals surface area contributed by atoms with Gasteiger partial charge in [0.25, 0.3) is 0 Å². The normalized spacial score (nSPS) is 11.9. The molecule has 12 rings (SSSR count). The first kappa shape index (κ1) is 31.7. The molecule has 0 N–H and O–H groups in total. The molecule has 0 unspecified atom stereocenters. The molecular weight excluding hydrogens is 693 g/mol. The lowest BCUT2D eigenvalue weighted by Crippen LogP contribution is -1.90. The predicted octanol–water partition coefficient (Wildman–Crippen LogP) is 14.8. The summed E-state index contributed by atoms with van der Waals surface area (Å²) in [6.45, 7) is 0. The molecule has 0 aliphatic carbocycles. The van der Waals surface area contributed by atoms with Gasteiger partial charge in [-0.1, -0.05) is 164 Å². The standard InChI is InChI=1S/C54H32N2O/c1-2-15-46-44(13-1)50-32-34(27-28-47(50)53-52(46)55-29-30-56-53)33-11-5-12-35(31-33)36-16-6-18-38-37(36)17-7-19-39(38)40-20-8-22-42-41(40)21-9-23-43(42)48-24-10-25-49-45-14-3-4-26-51(45)57-54(48)49/h1-32H. The molecular formula is C54H32N2O. The van der Waals surface area contributed by atoms with Crippen molar-refractivity contribution in [2.24, 2.45) is 0 Å². The van der Waals surface area contributed by atoms with Crippen molar-refractivity contribution in [3.63, 3.8) is 0 Å². The van der Waals surface area contributed by atoms with Crippen molar-refractivity contribution in [2.45, 2.75) is 0 Å². The number of hydrogen-bond acceptors (Lipinski definition) is 3. The number of fused-ring (bicyclic) bond motifs is 11. The van der Waals surface area contributed by atoms with Crippen LogP contribution in [0.15, 0.2) is 199 Å². The molecule has 264 valence electrons. The smallest absolute Gasteiger partial charge is 0.143 e. The number of benzene rings is 10. The third kappa shape index (κ3) is 4.86. The van der Waals surface area contributed by atoms with E-state index in [-0.39, 0.29) is 0 Å². The summed E-state index contributed by atoms with van der Waals surface area (Å²) in [6, 6.07) is 65.7. The topological polar surface area (TPSA) is 38.9 Å². The van der Waals surface area contributed by atoms with E-state index in [0.717, 1.165) is 49.3 Å². The quantitative estimate of drug-likeness (QED) is 0.170. The average molecular weight is 725 g/mol. The highest BCUT2D eigenvalue weighted by molar-refractivity contribution is 6.23. The van der Waals surface area contributed by atoms with Crippen molar-refractivity contribution in [1.29, 1.82) is 0 Å². The molecule has 2 aromatic heterocycles. The third-order valence-corrected chi connectivity index (χ3v) is 11.8. The Morgan fingerprint density at radius 1 is 0.281 bits per heavy atom. The molecule has 3 heteroatoms. The minimum Gasteiger partial charge on any atom is -0.455 e. The molecule has 0 saturated heterocycles. The summed E-state index contributed by atoms with van der Waals surface area (Å²) in [5, 5.41) is 11.8. The van der Waals surface area contributed by atoms with Crippen molar-refractivity contribution < 1.29 is 4.42 Å². The van der Waals surface area contributed by atoms with Crippen molar-refractivity contribution in [2.75, 3.05) is 0 Å². The minimum absolute atomic E-state index is 0.910. The van der Waals surface area contributed by atoms with E-state index in [2.05, 4.69) is 170 Å².